The van der Waals surface area contributed by atoms with Gasteiger partial charge in [-0.25, -0.2) is 0 Å². The molecule has 0 aliphatic heterocycles. The van der Waals surface area contributed by atoms with Crippen LogP contribution in [0.3, 0.4) is 0 Å². The SMILES string of the molecule is Cc1cc(C(=O)N(CC#N)CC#N)c(C)n1-c1ccc(Cl)cc1. The molecule has 0 aliphatic rings. The largest absolute Gasteiger partial charge is 0.318 e. The Bertz CT molecular complexity index is 793. The van der Waals surface area contributed by atoms with Gasteiger partial charge in [-0.15, -0.1) is 0 Å². The molecule has 1 heterocycles. The first-order valence-corrected chi connectivity index (χ1v) is 7.35. The number of rotatable bonds is 4. The van der Waals surface area contributed by atoms with Crippen LogP contribution in [0.5, 0.6) is 0 Å². The van der Waals surface area contributed by atoms with Crippen molar-refractivity contribution in [3.8, 4) is 17.8 Å². The van der Waals surface area contributed by atoms with Gasteiger partial charge in [-0.1, -0.05) is 11.6 Å². The first-order valence-electron chi connectivity index (χ1n) is 6.97. The van der Waals surface area contributed by atoms with Crippen LogP contribution < -0.4 is 0 Å². The van der Waals surface area contributed by atoms with Gasteiger partial charge in [-0.2, -0.15) is 10.5 Å². The third kappa shape index (κ3) is 3.36. The molecule has 6 heteroatoms. The van der Waals surface area contributed by atoms with Crippen LogP contribution in [-0.4, -0.2) is 28.5 Å². The summed E-state index contributed by atoms with van der Waals surface area (Å²) in [5.41, 5.74) is 3.04. The smallest absolute Gasteiger partial charge is 0.257 e. The molecule has 0 aliphatic carbocycles. The van der Waals surface area contributed by atoms with Gasteiger partial charge in [0.25, 0.3) is 5.91 Å². The Hall–Kier alpha value is -2.76. The van der Waals surface area contributed by atoms with Gasteiger partial charge in [0.05, 0.1) is 17.7 Å². The third-order valence-corrected chi connectivity index (χ3v) is 3.81. The van der Waals surface area contributed by atoms with Crippen molar-refractivity contribution >= 4 is 17.5 Å². The third-order valence-electron chi connectivity index (χ3n) is 3.56. The maximum absolute atomic E-state index is 12.6. The molecule has 5 nitrogen and oxygen atoms in total. The Balaban J connectivity index is 2.45. The summed E-state index contributed by atoms with van der Waals surface area (Å²) in [4.78, 5) is 13.8. The molecule has 23 heavy (non-hydrogen) atoms. The fourth-order valence-corrected chi connectivity index (χ4v) is 2.63. The van der Waals surface area contributed by atoms with E-state index in [0.29, 0.717) is 10.6 Å². The van der Waals surface area contributed by atoms with E-state index in [9.17, 15) is 4.79 Å². The second kappa shape index (κ2) is 7.00. The highest BCUT2D eigenvalue weighted by molar-refractivity contribution is 6.30. The Morgan fingerprint density at radius 1 is 1.17 bits per heavy atom. The molecule has 2 rings (SSSR count). The van der Waals surface area contributed by atoms with Crippen LogP contribution >= 0.6 is 11.6 Å². The summed E-state index contributed by atoms with van der Waals surface area (Å²) < 4.78 is 1.94. The summed E-state index contributed by atoms with van der Waals surface area (Å²) in [7, 11) is 0. The standard InChI is InChI=1S/C17H15ClN4O/c1-12-11-16(17(23)21(9-7-19)10-8-20)13(2)22(12)15-5-3-14(18)4-6-15/h3-6,11H,9-10H2,1-2H3. The van der Waals surface area contributed by atoms with Gasteiger partial charge in [0, 0.05) is 22.1 Å². The Morgan fingerprint density at radius 3 is 2.26 bits per heavy atom. The van der Waals surface area contributed by atoms with Gasteiger partial charge >= 0.3 is 0 Å². The number of nitrogens with zero attached hydrogens (tertiary/aromatic N) is 4. The minimum Gasteiger partial charge on any atom is -0.318 e. The van der Waals surface area contributed by atoms with Gasteiger partial charge < -0.3 is 9.47 Å². The molecule has 0 spiro atoms. The number of carbonyl (C=O) groups is 1. The van der Waals surface area contributed by atoms with Gasteiger partial charge in [0.15, 0.2) is 0 Å². The molecule has 0 bridgehead atoms. The summed E-state index contributed by atoms with van der Waals surface area (Å²) in [6.07, 6.45) is 0. The average molecular weight is 327 g/mol. The van der Waals surface area contributed by atoms with Crippen molar-refractivity contribution in [3.05, 3.63) is 52.3 Å². The lowest BCUT2D eigenvalue weighted by atomic mass is 10.2. The van der Waals surface area contributed by atoms with E-state index in [-0.39, 0.29) is 19.0 Å². The molecule has 0 radical (unpaired) electrons. The minimum atomic E-state index is -0.318. The lowest BCUT2D eigenvalue weighted by Crippen LogP contribution is -2.32. The van der Waals surface area contributed by atoms with E-state index in [1.807, 2.05) is 42.7 Å². The van der Waals surface area contributed by atoms with Crippen LogP contribution in [0.15, 0.2) is 30.3 Å². The Kier molecular flexibility index (Phi) is 5.05. The molecule has 1 aromatic carbocycles. The fourth-order valence-electron chi connectivity index (χ4n) is 2.51. The normalized spacial score (nSPS) is 9.96. The second-order valence-electron chi connectivity index (χ2n) is 5.07. The highest BCUT2D eigenvalue weighted by Gasteiger charge is 2.21. The van der Waals surface area contributed by atoms with E-state index >= 15 is 0 Å². The average Bonchev–Trinajstić information content (AvgIpc) is 2.82. The molecular weight excluding hydrogens is 312 g/mol. The molecular formula is C17H15ClN4O. The van der Waals surface area contributed by atoms with Crippen LogP contribution in [0.2, 0.25) is 5.02 Å². The van der Waals surface area contributed by atoms with Gasteiger partial charge in [0.1, 0.15) is 13.1 Å². The molecule has 0 fully saturated rings. The summed E-state index contributed by atoms with van der Waals surface area (Å²) in [6, 6.07) is 12.9. The first-order chi connectivity index (χ1) is 11.0. The van der Waals surface area contributed by atoms with E-state index in [4.69, 9.17) is 22.1 Å². The molecule has 0 N–H and O–H groups in total. The van der Waals surface area contributed by atoms with Crippen LogP contribution in [0.25, 0.3) is 5.69 Å². The molecule has 0 atom stereocenters. The molecule has 0 saturated carbocycles. The number of benzene rings is 1. The number of aryl methyl sites for hydroxylation is 1. The Morgan fingerprint density at radius 2 is 1.74 bits per heavy atom. The number of nitriles is 2. The highest BCUT2D eigenvalue weighted by atomic mass is 35.5. The summed E-state index contributed by atoms with van der Waals surface area (Å²) in [5.74, 6) is -0.318. The quantitative estimate of drug-likeness (QED) is 0.810. The van der Waals surface area contributed by atoms with Crippen LogP contribution in [0, 0.1) is 36.5 Å². The van der Waals surface area contributed by atoms with Gasteiger partial charge in [-0.3, -0.25) is 4.79 Å². The van der Waals surface area contributed by atoms with Crippen molar-refractivity contribution in [2.24, 2.45) is 0 Å². The highest BCUT2D eigenvalue weighted by Crippen LogP contribution is 2.23. The molecule has 0 unspecified atom stereocenters. The zero-order chi connectivity index (χ0) is 17.0. The van der Waals surface area contributed by atoms with Crippen molar-refractivity contribution in [2.45, 2.75) is 13.8 Å². The van der Waals surface area contributed by atoms with E-state index in [2.05, 4.69) is 0 Å². The van der Waals surface area contributed by atoms with Gasteiger partial charge in [0.2, 0.25) is 0 Å². The molecule has 116 valence electrons. The topological polar surface area (TPSA) is 72.8 Å². The van der Waals surface area contributed by atoms with E-state index in [1.54, 1.807) is 18.2 Å². The van der Waals surface area contributed by atoms with Crippen molar-refractivity contribution in [3.63, 3.8) is 0 Å². The number of aromatic nitrogens is 1. The van der Waals surface area contributed by atoms with Crippen LogP contribution in [-0.2, 0) is 0 Å². The lowest BCUT2D eigenvalue weighted by molar-refractivity contribution is 0.0794. The van der Waals surface area contributed by atoms with Crippen LogP contribution in [0.4, 0.5) is 0 Å². The van der Waals surface area contributed by atoms with Crippen molar-refractivity contribution in [2.75, 3.05) is 13.1 Å². The first kappa shape index (κ1) is 16.6. The number of hydrogen-bond acceptors (Lipinski definition) is 3. The van der Waals surface area contributed by atoms with Crippen molar-refractivity contribution in [1.82, 2.24) is 9.47 Å². The van der Waals surface area contributed by atoms with E-state index in [0.717, 1.165) is 17.1 Å². The summed E-state index contributed by atoms with van der Waals surface area (Å²) in [5, 5.41) is 18.3. The summed E-state index contributed by atoms with van der Waals surface area (Å²) in [6.45, 7) is 3.51. The fraction of sp³-hybridized carbons (Fsp3) is 0.235. The maximum atomic E-state index is 12.6. The molecule has 1 aromatic heterocycles. The molecule has 2 aromatic rings. The number of amides is 1. The zero-order valence-electron chi connectivity index (χ0n) is 12.9. The minimum absolute atomic E-state index is 0.114. The number of halogens is 1. The predicted octanol–water partition coefficient (Wildman–Crippen LogP) is 3.24. The zero-order valence-corrected chi connectivity index (χ0v) is 13.6. The molecule has 1 amide bonds. The monoisotopic (exact) mass is 326 g/mol. The number of hydrogen-bond donors (Lipinski definition) is 0. The molecule has 0 saturated heterocycles. The second-order valence-corrected chi connectivity index (χ2v) is 5.51. The maximum Gasteiger partial charge on any atom is 0.257 e. The van der Waals surface area contributed by atoms with Crippen molar-refractivity contribution < 1.29 is 4.79 Å². The predicted molar refractivity (Wildman–Crippen MR) is 87.4 cm³/mol. The van der Waals surface area contributed by atoms with Crippen LogP contribution in [0.1, 0.15) is 21.7 Å². The Labute approximate surface area is 139 Å². The lowest BCUT2D eigenvalue weighted by Gasteiger charge is -2.16. The van der Waals surface area contributed by atoms with Gasteiger partial charge in [-0.05, 0) is 44.2 Å². The van der Waals surface area contributed by atoms with E-state index < -0.39 is 0 Å². The van der Waals surface area contributed by atoms with E-state index in [1.165, 1.54) is 4.90 Å². The number of carbonyl (C=O) groups excluding carboxylic acids is 1. The van der Waals surface area contributed by atoms with Crippen molar-refractivity contribution in [1.29, 1.82) is 10.5 Å². The summed E-state index contributed by atoms with van der Waals surface area (Å²) >= 11 is 5.91.